The Kier molecular flexibility index (Phi) is 2.80. The van der Waals surface area contributed by atoms with Crippen molar-refractivity contribution in [3.8, 4) is 0 Å². The normalized spacial score (nSPS) is 31.2. The van der Waals surface area contributed by atoms with Gasteiger partial charge < -0.3 is 5.32 Å². The Labute approximate surface area is 90.5 Å². The lowest BCUT2D eigenvalue weighted by Crippen LogP contribution is -2.46. The SMILES string of the molecule is CNC1CC(c2ccc(Cl)cc2)C1C. The Hall–Kier alpha value is -0.530. The van der Waals surface area contributed by atoms with E-state index in [9.17, 15) is 0 Å². The van der Waals surface area contributed by atoms with Crippen LogP contribution in [0.25, 0.3) is 0 Å². The summed E-state index contributed by atoms with van der Waals surface area (Å²) in [6.07, 6.45) is 1.25. The van der Waals surface area contributed by atoms with Crippen LogP contribution in [0.1, 0.15) is 24.8 Å². The van der Waals surface area contributed by atoms with Gasteiger partial charge in [-0.3, -0.25) is 0 Å². The van der Waals surface area contributed by atoms with Crippen molar-refractivity contribution < 1.29 is 0 Å². The van der Waals surface area contributed by atoms with Crippen molar-refractivity contribution in [2.45, 2.75) is 25.3 Å². The van der Waals surface area contributed by atoms with Crippen molar-refractivity contribution in [1.29, 1.82) is 0 Å². The first-order valence-electron chi connectivity index (χ1n) is 5.15. The molecule has 0 aromatic heterocycles. The van der Waals surface area contributed by atoms with Crippen molar-refractivity contribution >= 4 is 11.6 Å². The van der Waals surface area contributed by atoms with Gasteiger partial charge in [-0.05, 0) is 43.0 Å². The van der Waals surface area contributed by atoms with E-state index in [0.717, 1.165) is 10.9 Å². The second-order valence-corrected chi connectivity index (χ2v) is 4.58. The fraction of sp³-hybridized carbons (Fsp3) is 0.500. The number of hydrogen-bond acceptors (Lipinski definition) is 1. The molecule has 2 heteroatoms. The highest BCUT2D eigenvalue weighted by molar-refractivity contribution is 6.30. The highest BCUT2D eigenvalue weighted by Gasteiger charge is 2.37. The van der Waals surface area contributed by atoms with E-state index in [1.54, 1.807) is 0 Å². The second kappa shape index (κ2) is 3.92. The van der Waals surface area contributed by atoms with Crippen LogP contribution in [0.15, 0.2) is 24.3 Å². The van der Waals surface area contributed by atoms with Gasteiger partial charge in [-0.15, -0.1) is 0 Å². The van der Waals surface area contributed by atoms with Crippen molar-refractivity contribution in [3.63, 3.8) is 0 Å². The Morgan fingerprint density at radius 3 is 2.43 bits per heavy atom. The van der Waals surface area contributed by atoms with Crippen LogP contribution in [0.4, 0.5) is 0 Å². The molecule has 1 aliphatic rings. The van der Waals surface area contributed by atoms with Gasteiger partial charge in [0.25, 0.3) is 0 Å². The van der Waals surface area contributed by atoms with Crippen LogP contribution in [0.5, 0.6) is 0 Å². The lowest BCUT2D eigenvalue weighted by Gasteiger charge is -2.43. The molecule has 2 rings (SSSR count). The molecular weight excluding hydrogens is 194 g/mol. The minimum Gasteiger partial charge on any atom is -0.317 e. The number of hydrogen-bond donors (Lipinski definition) is 1. The standard InChI is InChI=1S/C12H16ClN/c1-8-11(7-12(8)14-2)9-3-5-10(13)6-4-9/h3-6,8,11-12,14H,7H2,1-2H3. The number of halogens is 1. The molecule has 0 amide bonds. The smallest absolute Gasteiger partial charge is 0.0406 e. The minimum absolute atomic E-state index is 0.690. The van der Waals surface area contributed by atoms with E-state index >= 15 is 0 Å². The molecule has 1 aromatic carbocycles. The van der Waals surface area contributed by atoms with Crippen LogP contribution in [0.3, 0.4) is 0 Å². The van der Waals surface area contributed by atoms with Gasteiger partial charge in [-0.25, -0.2) is 0 Å². The molecule has 3 unspecified atom stereocenters. The zero-order chi connectivity index (χ0) is 10.1. The molecule has 1 saturated carbocycles. The first-order valence-corrected chi connectivity index (χ1v) is 5.53. The van der Waals surface area contributed by atoms with E-state index in [4.69, 9.17) is 11.6 Å². The first-order chi connectivity index (χ1) is 6.72. The van der Waals surface area contributed by atoms with E-state index in [0.29, 0.717) is 12.0 Å². The maximum absolute atomic E-state index is 5.86. The third-order valence-corrected chi connectivity index (χ3v) is 3.70. The fourth-order valence-electron chi connectivity index (χ4n) is 2.32. The van der Waals surface area contributed by atoms with E-state index in [-0.39, 0.29) is 0 Å². The molecule has 0 radical (unpaired) electrons. The minimum atomic E-state index is 0.690. The van der Waals surface area contributed by atoms with Crippen molar-refractivity contribution in [2.24, 2.45) is 5.92 Å². The monoisotopic (exact) mass is 209 g/mol. The molecule has 0 aliphatic heterocycles. The van der Waals surface area contributed by atoms with E-state index in [1.807, 2.05) is 19.2 Å². The van der Waals surface area contributed by atoms with Gasteiger partial charge in [-0.2, -0.15) is 0 Å². The lowest BCUT2D eigenvalue weighted by molar-refractivity contribution is 0.194. The molecule has 1 nitrogen and oxygen atoms in total. The molecule has 0 spiro atoms. The second-order valence-electron chi connectivity index (χ2n) is 4.15. The summed E-state index contributed by atoms with van der Waals surface area (Å²) in [4.78, 5) is 0. The van der Waals surface area contributed by atoms with Crippen molar-refractivity contribution in [2.75, 3.05) is 7.05 Å². The summed E-state index contributed by atoms with van der Waals surface area (Å²) in [5.41, 5.74) is 1.42. The van der Waals surface area contributed by atoms with Gasteiger partial charge in [0.1, 0.15) is 0 Å². The summed E-state index contributed by atoms with van der Waals surface area (Å²) in [7, 11) is 2.04. The predicted octanol–water partition coefficient (Wildman–Crippen LogP) is 3.05. The van der Waals surface area contributed by atoms with Gasteiger partial charge in [0, 0.05) is 11.1 Å². The summed E-state index contributed by atoms with van der Waals surface area (Å²) >= 11 is 5.86. The average Bonchev–Trinajstić information content (AvgIpc) is 2.19. The fourth-order valence-corrected chi connectivity index (χ4v) is 2.44. The Balaban J connectivity index is 2.07. The maximum atomic E-state index is 5.86. The highest BCUT2D eigenvalue weighted by atomic mass is 35.5. The molecule has 14 heavy (non-hydrogen) atoms. The molecule has 76 valence electrons. The summed E-state index contributed by atoms with van der Waals surface area (Å²) in [6.45, 7) is 2.31. The Morgan fingerprint density at radius 2 is 1.93 bits per heavy atom. The van der Waals surface area contributed by atoms with Crippen LogP contribution in [0.2, 0.25) is 5.02 Å². The molecule has 1 aliphatic carbocycles. The third kappa shape index (κ3) is 1.67. The Morgan fingerprint density at radius 1 is 1.29 bits per heavy atom. The summed E-state index contributed by atoms with van der Waals surface area (Å²) < 4.78 is 0. The molecule has 0 bridgehead atoms. The quantitative estimate of drug-likeness (QED) is 0.790. The number of benzene rings is 1. The average molecular weight is 210 g/mol. The zero-order valence-electron chi connectivity index (χ0n) is 8.63. The third-order valence-electron chi connectivity index (χ3n) is 3.45. The number of rotatable bonds is 2. The highest BCUT2D eigenvalue weighted by Crippen LogP contribution is 2.42. The molecule has 1 aromatic rings. The first kappa shape index (κ1) is 10.0. The summed E-state index contributed by atoms with van der Waals surface area (Å²) in [6, 6.07) is 8.95. The van der Waals surface area contributed by atoms with Crippen molar-refractivity contribution in [1.82, 2.24) is 5.32 Å². The molecule has 3 atom stereocenters. The topological polar surface area (TPSA) is 12.0 Å². The largest absolute Gasteiger partial charge is 0.317 e. The van der Waals surface area contributed by atoms with Gasteiger partial charge in [0.05, 0.1) is 0 Å². The molecule has 0 saturated heterocycles. The van der Waals surface area contributed by atoms with Crippen LogP contribution < -0.4 is 5.32 Å². The summed E-state index contributed by atoms with van der Waals surface area (Å²) in [5.74, 6) is 1.45. The van der Waals surface area contributed by atoms with E-state index < -0.39 is 0 Å². The van der Waals surface area contributed by atoms with Crippen LogP contribution >= 0.6 is 11.6 Å². The molecule has 1 fully saturated rings. The lowest BCUT2D eigenvalue weighted by atomic mass is 9.67. The maximum Gasteiger partial charge on any atom is 0.0406 e. The van der Waals surface area contributed by atoms with Gasteiger partial charge >= 0.3 is 0 Å². The van der Waals surface area contributed by atoms with E-state index in [1.165, 1.54) is 12.0 Å². The van der Waals surface area contributed by atoms with Gasteiger partial charge in [0.2, 0.25) is 0 Å². The zero-order valence-corrected chi connectivity index (χ0v) is 9.38. The number of nitrogens with one attached hydrogen (secondary N) is 1. The predicted molar refractivity (Wildman–Crippen MR) is 60.8 cm³/mol. The van der Waals surface area contributed by atoms with Gasteiger partial charge in [0.15, 0.2) is 0 Å². The Bertz CT molecular complexity index is 307. The molecular formula is C12H16ClN. The van der Waals surface area contributed by atoms with Crippen molar-refractivity contribution in [3.05, 3.63) is 34.9 Å². The molecule has 1 N–H and O–H groups in total. The van der Waals surface area contributed by atoms with Crippen LogP contribution in [0, 0.1) is 5.92 Å². The van der Waals surface area contributed by atoms with Crippen LogP contribution in [-0.4, -0.2) is 13.1 Å². The summed E-state index contributed by atoms with van der Waals surface area (Å²) in [5, 5.41) is 4.16. The van der Waals surface area contributed by atoms with E-state index in [2.05, 4.69) is 24.4 Å². The van der Waals surface area contributed by atoms with Crippen LogP contribution in [-0.2, 0) is 0 Å². The van der Waals surface area contributed by atoms with Gasteiger partial charge in [-0.1, -0.05) is 30.7 Å². The molecule has 0 heterocycles.